The normalized spacial score (nSPS) is 10.8. The van der Waals surface area contributed by atoms with E-state index in [-0.39, 0.29) is 5.82 Å². The lowest BCUT2D eigenvalue weighted by molar-refractivity contribution is 0.324. The standard InChI is InChI=1S/C20H21ClFN3O3S/c1-5-25-19(12-9-16(26-2)18(28-4)17(10-12)27-3)23-24-20(25)29-11-13-14(21)7-6-8-15(13)22/h6-10H,5,11H2,1-4H3. The monoisotopic (exact) mass is 437 g/mol. The third kappa shape index (κ3) is 4.28. The fraction of sp³-hybridized carbons (Fsp3) is 0.300. The summed E-state index contributed by atoms with van der Waals surface area (Å²) in [6, 6.07) is 8.29. The quantitative estimate of drug-likeness (QED) is 0.458. The van der Waals surface area contributed by atoms with Crippen molar-refractivity contribution in [3.63, 3.8) is 0 Å². The smallest absolute Gasteiger partial charge is 0.203 e. The molecule has 3 aromatic rings. The molecule has 29 heavy (non-hydrogen) atoms. The van der Waals surface area contributed by atoms with E-state index in [1.807, 2.05) is 23.6 Å². The van der Waals surface area contributed by atoms with E-state index in [9.17, 15) is 4.39 Å². The van der Waals surface area contributed by atoms with Crippen molar-refractivity contribution in [2.45, 2.75) is 24.4 Å². The van der Waals surface area contributed by atoms with Crippen LogP contribution in [0, 0.1) is 5.82 Å². The van der Waals surface area contributed by atoms with Crippen molar-refractivity contribution in [3.8, 4) is 28.6 Å². The first-order valence-electron chi connectivity index (χ1n) is 8.83. The predicted octanol–water partition coefficient (Wildman–Crippen LogP) is 5.08. The molecule has 3 rings (SSSR count). The minimum absolute atomic E-state index is 0.336. The van der Waals surface area contributed by atoms with Gasteiger partial charge in [-0.05, 0) is 31.2 Å². The van der Waals surface area contributed by atoms with Gasteiger partial charge in [-0.25, -0.2) is 4.39 Å². The Labute approximate surface area is 177 Å². The molecule has 1 aromatic heterocycles. The third-order valence-electron chi connectivity index (χ3n) is 4.36. The van der Waals surface area contributed by atoms with Crippen LogP contribution in [0.15, 0.2) is 35.5 Å². The summed E-state index contributed by atoms with van der Waals surface area (Å²) >= 11 is 7.50. The van der Waals surface area contributed by atoms with Gasteiger partial charge in [0.2, 0.25) is 5.75 Å². The van der Waals surface area contributed by atoms with Gasteiger partial charge >= 0.3 is 0 Å². The summed E-state index contributed by atoms with van der Waals surface area (Å²) in [5.74, 6) is 2.22. The number of hydrogen-bond acceptors (Lipinski definition) is 6. The molecule has 0 atom stereocenters. The van der Waals surface area contributed by atoms with E-state index in [1.165, 1.54) is 17.8 Å². The Morgan fingerprint density at radius 1 is 1.07 bits per heavy atom. The second-order valence-corrected chi connectivity index (χ2v) is 7.30. The van der Waals surface area contributed by atoms with Gasteiger partial charge in [-0.15, -0.1) is 10.2 Å². The zero-order valence-corrected chi connectivity index (χ0v) is 18.1. The Bertz CT molecular complexity index is 967. The van der Waals surface area contributed by atoms with E-state index in [0.29, 0.717) is 51.1 Å². The third-order valence-corrected chi connectivity index (χ3v) is 5.71. The van der Waals surface area contributed by atoms with Crippen molar-refractivity contribution >= 4 is 23.4 Å². The first kappa shape index (κ1) is 21.3. The molecule has 0 saturated heterocycles. The van der Waals surface area contributed by atoms with Crippen LogP contribution in [0.25, 0.3) is 11.4 Å². The molecule has 0 aliphatic carbocycles. The van der Waals surface area contributed by atoms with Crippen LogP contribution < -0.4 is 14.2 Å². The van der Waals surface area contributed by atoms with Gasteiger partial charge in [-0.2, -0.15) is 0 Å². The molecule has 9 heteroatoms. The zero-order chi connectivity index (χ0) is 21.0. The Morgan fingerprint density at radius 2 is 1.76 bits per heavy atom. The summed E-state index contributed by atoms with van der Waals surface area (Å²) in [6.45, 7) is 2.62. The Morgan fingerprint density at radius 3 is 2.31 bits per heavy atom. The Hall–Kier alpha value is -2.45. The SMILES string of the molecule is CCn1c(SCc2c(F)cccc2Cl)nnc1-c1cc(OC)c(OC)c(OC)c1. The van der Waals surface area contributed by atoms with Crippen molar-refractivity contribution in [3.05, 3.63) is 46.7 Å². The van der Waals surface area contributed by atoms with Crippen molar-refractivity contribution in [2.75, 3.05) is 21.3 Å². The van der Waals surface area contributed by atoms with Gasteiger partial charge in [0.15, 0.2) is 22.5 Å². The number of benzene rings is 2. The number of methoxy groups -OCH3 is 3. The predicted molar refractivity (Wildman–Crippen MR) is 112 cm³/mol. The van der Waals surface area contributed by atoms with Gasteiger partial charge < -0.3 is 18.8 Å². The van der Waals surface area contributed by atoms with E-state index in [2.05, 4.69) is 10.2 Å². The number of aromatic nitrogens is 3. The van der Waals surface area contributed by atoms with E-state index < -0.39 is 0 Å². The number of thioether (sulfide) groups is 1. The first-order valence-corrected chi connectivity index (χ1v) is 10.2. The molecule has 0 aliphatic heterocycles. The molecule has 0 unspecified atom stereocenters. The van der Waals surface area contributed by atoms with Crippen molar-refractivity contribution in [1.29, 1.82) is 0 Å². The van der Waals surface area contributed by atoms with Crippen LogP contribution in [0.5, 0.6) is 17.2 Å². The fourth-order valence-electron chi connectivity index (χ4n) is 2.91. The lowest BCUT2D eigenvalue weighted by Crippen LogP contribution is -2.02. The van der Waals surface area contributed by atoms with Crippen LogP contribution in [-0.2, 0) is 12.3 Å². The van der Waals surface area contributed by atoms with Crippen LogP contribution in [0.3, 0.4) is 0 Å². The first-order chi connectivity index (χ1) is 14.0. The van der Waals surface area contributed by atoms with Crippen LogP contribution >= 0.6 is 23.4 Å². The van der Waals surface area contributed by atoms with E-state index >= 15 is 0 Å². The molecule has 1 heterocycles. The van der Waals surface area contributed by atoms with Gasteiger partial charge in [0.25, 0.3) is 0 Å². The molecular weight excluding hydrogens is 417 g/mol. The summed E-state index contributed by atoms with van der Waals surface area (Å²) in [6.07, 6.45) is 0. The maximum Gasteiger partial charge on any atom is 0.203 e. The molecular formula is C20H21ClFN3O3S. The van der Waals surface area contributed by atoms with Crippen LogP contribution in [-0.4, -0.2) is 36.1 Å². The highest BCUT2D eigenvalue weighted by Gasteiger charge is 2.19. The maximum atomic E-state index is 14.1. The zero-order valence-electron chi connectivity index (χ0n) is 16.5. The van der Waals surface area contributed by atoms with Gasteiger partial charge in [0.05, 0.1) is 21.3 Å². The maximum absolute atomic E-state index is 14.1. The number of halogens is 2. The summed E-state index contributed by atoms with van der Waals surface area (Å²) in [5.41, 5.74) is 1.21. The van der Waals surface area contributed by atoms with Crippen molar-refractivity contribution in [1.82, 2.24) is 14.8 Å². The van der Waals surface area contributed by atoms with Crippen LogP contribution in [0.1, 0.15) is 12.5 Å². The van der Waals surface area contributed by atoms with E-state index in [0.717, 1.165) is 5.56 Å². The lowest BCUT2D eigenvalue weighted by Gasteiger charge is -2.14. The minimum Gasteiger partial charge on any atom is -0.493 e. The van der Waals surface area contributed by atoms with Crippen LogP contribution in [0.2, 0.25) is 5.02 Å². The second-order valence-electron chi connectivity index (χ2n) is 5.95. The highest BCUT2D eigenvalue weighted by Crippen LogP contribution is 2.41. The molecule has 0 aliphatic rings. The van der Waals surface area contributed by atoms with E-state index in [4.69, 9.17) is 25.8 Å². The summed E-state index contributed by atoms with van der Waals surface area (Å²) in [5, 5.41) is 9.68. The van der Waals surface area contributed by atoms with Gasteiger partial charge in [0, 0.05) is 28.4 Å². The topological polar surface area (TPSA) is 58.4 Å². The number of ether oxygens (including phenoxy) is 3. The minimum atomic E-state index is -0.336. The van der Waals surface area contributed by atoms with Crippen molar-refractivity contribution < 1.29 is 18.6 Å². The second kappa shape index (κ2) is 9.37. The average Bonchev–Trinajstić information content (AvgIpc) is 3.15. The lowest BCUT2D eigenvalue weighted by atomic mass is 10.1. The van der Waals surface area contributed by atoms with E-state index in [1.54, 1.807) is 33.5 Å². The van der Waals surface area contributed by atoms with Crippen LogP contribution in [0.4, 0.5) is 4.39 Å². The Kier molecular flexibility index (Phi) is 6.87. The number of rotatable bonds is 8. The summed E-state index contributed by atoms with van der Waals surface area (Å²) in [7, 11) is 4.67. The van der Waals surface area contributed by atoms with Gasteiger partial charge in [-0.3, -0.25) is 0 Å². The molecule has 0 radical (unpaired) electrons. The van der Waals surface area contributed by atoms with Gasteiger partial charge in [-0.1, -0.05) is 29.4 Å². The Balaban J connectivity index is 1.96. The number of nitrogens with zero attached hydrogens (tertiary/aromatic N) is 3. The number of hydrogen-bond donors (Lipinski definition) is 0. The molecule has 0 fully saturated rings. The highest BCUT2D eigenvalue weighted by molar-refractivity contribution is 7.98. The largest absolute Gasteiger partial charge is 0.493 e. The summed E-state index contributed by atoms with van der Waals surface area (Å²) < 4.78 is 32.2. The average molecular weight is 438 g/mol. The molecule has 0 N–H and O–H groups in total. The molecule has 0 bridgehead atoms. The molecule has 0 amide bonds. The summed E-state index contributed by atoms with van der Waals surface area (Å²) in [4.78, 5) is 0. The highest BCUT2D eigenvalue weighted by atomic mass is 35.5. The molecule has 2 aromatic carbocycles. The molecule has 0 spiro atoms. The molecule has 154 valence electrons. The molecule has 6 nitrogen and oxygen atoms in total. The van der Waals surface area contributed by atoms with Gasteiger partial charge in [0.1, 0.15) is 5.82 Å². The van der Waals surface area contributed by atoms with Crippen molar-refractivity contribution in [2.24, 2.45) is 0 Å². The molecule has 0 saturated carbocycles. The fourth-order valence-corrected chi connectivity index (χ4v) is 4.26.